The summed E-state index contributed by atoms with van der Waals surface area (Å²) in [6.07, 6.45) is -1.02. The standard InChI is InChI=1S/C21H16FNO4S/c1-13(19(24)14-4-8-16(22)9-5-14)27-21(26)15-6-10-17(11-7-15)23-20(25)18-3-2-12-28-18/h2-13H,1H3,(H,23,25)/t13-/m1/s1. The minimum Gasteiger partial charge on any atom is -0.451 e. The first-order valence-electron chi connectivity index (χ1n) is 8.40. The normalized spacial score (nSPS) is 11.5. The van der Waals surface area contributed by atoms with Gasteiger partial charge in [-0.3, -0.25) is 9.59 Å². The molecule has 1 atom stereocenters. The molecule has 0 fully saturated rings. The molecule has 28 heavy (non-hydrogen) atoms. The van der Waals surface area contributed by atoms with Gasteiger partial charge in [0.2, 0.25) is 5.78 Å². The van der Waals surface area contributed by atoms with Crippen LogP contribution in [0.25, 0.3) is 0 Å². The molecule has 0 unspecified atom stereocenters. The van der Waals surface area contributed by atoms with E-state index in [-0.39, 0.29) is 17.0 Å². The van der Waals surface area contributed by atoms with Crippen LogP contribution >= 0.6 is 11.3 Å². The summed E-state index contributed by atoms with van der Waals surface area (Å²) in [5.41, 5.74) is 1.03. The number of esters is 1. The molecule has 3 rings (SSSR count). The van der Waals surface area contributed by atoms with E-state index in [1.807, 2.05) is 5.38 Å². The fourth-order valence-electron chi connectivity index (χ4n) is 2.42. The summed E-state index contributed by atoms with van der Waals surface area (Å²) in [7, 11) is 0. The summed E-state index contributed by atoms with van der Waals surface area (Å²) in [5.74, 6) is -1.77. The number of thiophene rings is 1. The second kappa shape index (κ2) is 8.58. The van der Waals surface area contributed by atoms with Crippen LogP contribution in [0.15, 0.2) is 66.0 Å². The van der Waals surface area contributed by atoms with Gasteiger partial charge in [-0.1, -0.05) is 6.07 Å². The second-order valence-corrected chi connectivity index (χ2v) is 6.88. The SMILES string of the molecule is C[C@@H](OC(=O)c1ccc(NC(=O)c2cccs2)cc1)C(=O)c1ccc(F)cc1. The van der Waals surface area contributed by atoms with Gasteiger partial charge in [-0.15, -0.1) is 11.3 Å². The highest BCUT2D eigenvalue weighted by Gasteiger charge is 2.20. The molecule has 0 spiro atoms. The van der Waals surface area contributed by atoms with Crippen molar-refractivity contribution >= 4 is 34.7 Å². The zero-order valence-electron chi connectivity index (χ0n) is 14.8. The van der Waals surface area contributed by atoms with Crippen molar-refractivity contribution in [2.24, 2.45) is 0 Å². The largest absolute Gasteiger partial charge is 0.451 e. The van der Waals surface area contributed by atoms with Crippen LogP contribution in [0, 0.1) is 5.82 Å². The van der Waals surface area contributed by atoms with E-state index >= 15 is 0 Å². The number of benzene rings is 2. The molecule has 7 heteroatoms. The van der Waals surface area contributed by atoms with Gasteiger partial charge in [0.25, 0.3) is 5.91 Å². The van der Waals surface area contributed by atoms with E-state index in [4.69, 9.17) is 4.74 Å². The third-order valence-corrected chi connectivity index (χ3v) is 4.77. The molecule has 142 valence electrons. The molecule has 0 aliphatic carbocycles. The van der Waals surface area contributed by atoms with Crippen molar-refractivity contribution in [3.05, 3.63) is 87.9 Å². The van der Waals surface area contributed by atoms with E-state index in [2.05, 4.69) is 5.32 Å². The number of amides is 1. The predicted molar refractivity (Wildman–Crippen MR) is 104 cm³/mol. The fraction of sp³-hybridized carbons (Fsp3) is 0.0952. The first-order chi connectivity index (χ1) is 13.4. The number of hydrogen-bond acceptors (Lipinski definition) is 5. The van der Waals surface area contributed by atoms with Crippen LogP contribution in [-0.4, -0.2) is 23.8 Å². The summed E-state index contributed by atoms with van der Waals surface area (Å²) in [4.78, 5) is 37.1. The quantitative estimate of drug-likeness (QED) is 0.489. The topological polar surface area (TPSA) is 72.5 Å². The van der Waals surface area contributed by atoms with Crippen molar-refractivity contribution in [2.45, 2.75) is 13.0 Å². The predicted octanol–water partition coefficient (Wildman–Crippen LogP) is 4.57. The average molecular weight is 397 g/mol. The van der Waals surface area contributed by atoms with E-state index in [1.165, 1.54) is 54.7 Å². The number of nitrogens with one attached hydrogen (secondary N) is 1. The Morgan fingerprint density at radius 1 is 0.964 bits per heavy atom. The number of ether oxygens (including phenoxy) is 1. The molecule has 1 heterocycles. The molecule has 0 bridgehead atoms. The van der Waals surface area contributed by atoms with Crippen LogP contribution in [0.2, 0.25) is 0 Å². The lowest BCUT2D eigenvalue weighted by Crippen LogP contribution is -2.24. The van der Waals surface area contributed by atoms with Crippen LogP contribution in [0.5, 0.6) is 0 Å². The van der Waals surface area contributed by atoms with Gasteiger partial charge >= 0.3 is 5.97 Å². The zero-order valence-corrected chi connectivity index (χ0v) is 15.7. The molecule has 5 nitrogen and oxygen atoms in total. The summed E-state index contributed by atoms with van der Waals surface area (Å²) in [6, 6.07) is 14.7. The van der Waals surface area contributed by atoms with Gasteiger partial charge in [0.05, 0.1) is 10.4 Å². The van der Waals surface area contributed by atoms with E-state index in [1.54, 1.807) is 24.3 Å². The monoisotopic (exact) mass is 397 g/mol. The van der Waals surface area contributed by atoms with E-state index in [0.717, 1.165) is 0 Å². The van der Waals surface area contributed by atoms with Gasteiger partial charge in [0, 0.05) is 11.3 Å². The molecule has 1 N–H and O–H groups in total. The maximum atomic E-state index is 13.0. The van der Waals surface area contributed by atoms with Gasteiger partial charge in [0.1, 0.15) is 5.82 Å². The van der Waals surface area contributed by atoms with E-state index in [9.17, 15) is 18.8 Å². The number of rotatable bonds is 6. The zero-order chi connectivity index (χ0) is 20.1. The summed E-state index contributed by atoms with van der Waals surface area (Å²) >= 11 is 1.33. The van der Waals surface area contributed by atoms with E-state index < -0.39 is 23.7 Å². The first-order valence-corrected chi connectivity index (χ1v) is 9.27. The maximum Gasteiger partial charge on any atom is 0.338 e. The molecule has 0 aliphatic heterocycles. The molecule has 0 aliphatic rings. The lowest BCUT2D eigenvalue weighted by Gasteiger charge is -2.13. The van der Waals surface area contributed by atoms with Crippen molar-refractivity contribution in [1.82, 2.24) is 0 Å². The molecular weight excluding hydrogens is 381 g/mol. The molecular formula is C21H16FNO4S. The van der Waals surface area contributed by atoms with Crippen molar-refractivity contribution < 1.29 is 23.5 Å². The van der Waals surface area contributed by atoms with Gasteiger partial charge < -0.3 is 10.1 Å². The summed E-state index contributed by atoms with van der Waals surface area (Å²) < 4.78 is 18.1. The van der Waals surface area contributed by atoms with Crippen LogP contribution in [0.3, 0.4) is 0 Å². The van der Waals surface area contributed by atoms with Crippen LogP contribution in [0.4, 0.5) is 10.1 Å². The Morgan fingerprint density at radius 3 is 2.21 bits per heavy atom. The first kappa shape index (κ1) is 19.4. The molecule has 0 saturated carbocycles. The molecule has 0 saturated heterocycles. The number of hydrogen-bond donors (Lipinski definition) is 1. The van der Waals surface area contributed by atoms with Crippen molar-refractivity contribution in [1.29, 1.82) is 0 Å². The smallest absolute Gasteiger partial charge is 0.338 e. The fourth-order valence-corrected chi connectivity index (χ4v) is 3.04. The number of halogens is 1. The van der Waals surface area contributed by atoms with Crippen molar-refractivity contribution in [2.75, 3.05) is 5.32 Å². The van der Waals surface area contributed by atoms with Crippen molar-refractivity contribution in [3.63, 3.8) is 0 Å². The molecule has 2 aromatic carbocycles. The third kappa shape index (κ3) is 4.69. The summed E-state index contributed by atoms with van der Waals surface area (Å²) in [6.45, 7) is 1.46. The highest BCUT2D eigenvalue weighted by atomic mass is 32.1. The Kier molecular flexibility index (Phi) is 5.96. The van der Waals surface area contributed by atoms with Gasteiger partial charge in [0.15, 0.2) is 6.10 Å². The Labute approximate surface area is 164 Å². The van der Waals surface area contributed by atoms with Crippen LogP contribution in [0.1, 0.15) is 37.3 Å². The van der Waals surface area contributed by atoms with Crippen LogP contribution in [-0.2, 0) is 4.74 Å². The summed E-state index contributed by atoms with van der Waals surface area (Å²) in [5, 5.41) is 4.54. The Bertz CT molecular complexity index is 982. The minimum absolute atomic E-state index is 0.233. The Hall–Kier alpha value is -3.32. The molecule has 1 aromatic heterocycles. The second-order valence-electron chi connectivity index (χ2n) is 5.93. The highest BCUT2D eigenvalue weighted by Crippen LogP contribution is 2.16. The van der Waals surface area contributed by atoms with E-state index in [0.29, 0.717) is 10.6 Å². The Morgan fingerprint density at radius 2 is 1.61 bits per heavy atom. The highest BCUT2D eigenvalue weighted by molar-refractivity contribution is 7.12. The van der Waals surface area contributed by atoms with Gasteiger partial charge in [-0.25, -0.2) is 9.18 Å². The maximum absolute atomic E-state index is 13.0. The molecule has 3 aromatic rings. The number of anilines is 1. The number of carbonyl (C=O) groups excluding carboxylic acids is 3. The van der Waals surface area contributed by atoms with Gasteiger partial charge in [-0.05, 0) is 66.9 Å². The molecule has 1 amide bonds. The van der Waals surface area contributed by atoms with Crippen molar-refractivity contribution in [3.8, 4) is 0 Å². The van der Waals surface area contributed by atoms with Crippen LogP contribution < -0.4 is 5.32 Å². The third-order valence-electron chi connectivity index (χ3n) is 3.91. The lowest BCUT2D eigenvalue weighted by molar-refractivity contribution is 0.0319. The number of carbonyl (C=O) groups is 3. The number of ketones is 1. The Balaban J connectivity index is 1.60. The molecule has 0 radical (unpaired) electrons. The lowest BCUT2D eigenvalue weighted by atomic mass is 10.1. The van der Waals surface area contributed by atoms with Gasteiger partial charge in [-0.2, -0.15) is 0 Å². The average Bonchev–Trinajstić information content (AvgIpc) is 3.23. The minimum atomic E-state index is -1.02. The number of Topliss-reactive ketones (excluding diaryl/α,β-unsaturated/α-hetero) is 1.